The van der Waals surface area contributed by atoms with Crippen molar-refractivity contribution >= 4 is 29.2 Å². The van der Waals surface area contributed by atoms with Gasteiger partial charge in [-0.15, -0.1) is 0 Å². The molecule has 2 aromatic rings. The molecule has 1 unspecified atom stereocenters. The second-order valence-electron chi connectivity index (χ2n) is 10.9. The zero-order valence-electron chi connectivity index (χ0n) is 20.1. The maximum absolute atomic E-state index is 12.7. The maximum Gasteiger partial charge on any atom is 0.243 e. The molecule has 3 fully saturated rings. The summed E-state index contributed by atoms with van der Waals surface area (Å²) in [6.45, 7) is 8.04. The summed E-state index contributed by atoms with van der Waals surface area (Å²) in [5.74, 6) is 2.27. The number of nitrogens with one attached hydrogen (secondary N) is 3. The van der Waals surface area contributed by atoms with Crippen LogP contribution in [0.1, 0.15) is 51.5 Å². The van der Waals surface area contributed by atoms with Crippen molar-refractivity contribution in [2.75, 3.05) is 41.3 Å². The molecular weight excluding hydrogens is 428 g/mol. The number of rotatable bonds is 3. The summed E-state index contributed by atoms with van der Waals surface area (Å²) in [6, 6.07) is 3.92. The molecule has 3 aliphatic heterocycles. The maximum atomic E-state index is 12.7. The number of pyridine rings is 1. The first kappa shape index (κ1) is 21.6. The van der Waals surface area contributed by atoms with Gasteiger partial charge in [-0.1, -0.05) is 19.3 Å². The van der Waals surface area contributed by atoms with Crippen LogP contribution < -0.4 is 25.8 Å². The van der Waals surface area contributed by atoms with Gasteiger partial charge in [-0.3, -0.25) is 4.79 Å². The average Bonchev–Trinajstić information content (AvgIpc) is 3.23. The minimum absolute atomic E-state index is 0.0231. The lowest BCUT2D eigenvalue weighted by Gasteiger charge is -2.51. The molecule has 0 aromatic carbocycles. The minimum atomic E-state index is -0.174. The second-order valence-corrected chi connectivity index (χ2v) is 10.9. The molecule has 34 heavy (non-hydrogen) atoms. The minimum Gasteiger partial charge on any atom is -0.367 e. The molecular formula is C25H34N8O. The smallest absolute Gasteiger partial charge is 0.243 e. The third kappa shape index (κ3) is 3.76. The predicted octanol–water partition coefficient (Wildman–Crippen LogP) is 2.37. The Morgan fingerprint density at radius 2 is 1.97 bits per heavy atom. The number of fused-ring (bicyclic) bond motifs is 4. The van der Waals surface area contributed by atoms with E-state index in [4.69, 9.17) is 4.98 Å². The van der Waals surface area contributed by atoms with Crippen LogP contribution in [-0.2, 0) is 11.2 Å². The van der Waals surface area contributed by atoms with E-state index in [1.54, 1.807) is 0 Å². The number of hydrogen-bond donors (Lipinski definition) is 3. The highest BCUT2D eigenvalue weighted by atomic mass is 16.2. The van der Waals surface area contributed by atoms with Crippen molar-refractivity contribution in [2.45, 2.75) is 69.5 Å². The van der Waals surface area contributed by atoms with Crippen LogP contribution in [0.5, 0.6) is 0 Å². The number of piperazine rings is 2. The second kappa shape index (κ2) is 8.08. The van der Waals surface area contributed by atoms with Gasteiger partial charge in [-0.2, -0.15) is 4.98 Å². The Labute approximate surface area is 200 Å². The van der Waals surface area contributed by atoms with Crippen LogP contribution in [0, 0.1) is 0 Å². The molecule has 0 radical (unpaired) electrons. The lowest BCUT2D eigenvalue weighted by Crippen LogP contribution is -2.67. The molecule has 1 spiro atoms. The quantitative estimate of drug-likeness (QED) is 0.640. The predicted molar refractivity (Wildman–Crippen MR) is 133 cm³/mol. The summed E-state index contributed by atoms with van der Waals surface area (Å²) in [5, 5.41) is 10.0. The first-order valence-corrected chi connectivity index (χ1v) is 12.6. The molecule has 4 aliphatic rings. The molecule has 2 aromatic heterocycles. The summed E-state index contributed by atoms with van der Waals surface area (Å²) >= 11 is 0. The Morgan fingerprint density at radius 3 is 2.74 bits per heavy atom. The van der Waals surface area contributed by atoms with E-state index in [9.17, 15) is 4.79 Å². The molecule has 180 valence electrons. The van der Waals surface area contributed by atoms with Gasteiger partial charge in [0.05, 0.1) is 17.4 Å². The fraction of sp³-hybridized carbons (Fsp3) is 0.600. The van der Waals surface area contributed by atoms with Gasteiger partial charge in [-0.25, -0.2) is 9.97 Å². The van der Waals surface area contributed by atoms with Crippen molar-refractivity contribution in [3.05, 3.63) is 30.1 Å². The highest BCUT2D eigenvalue weighted by molar-refractivity contribution is 5.90. The first-order chi connectivity index (χ1) is 16.4. The lowest BCUT2D eigenvalue weighted by atomic mass is 9.78. The van der Waals surface area contributed by atoms with Gasteiger partial charge < -0.3 is 25.8 Å². The van der Waals surface area contributed by atoms with Crippen LogP contribution in [0.4, 0.5) is 23.3 Å². The van der Waals surface area contributed by atoms with E-state index in [1.807, 2.05) is 18.5 Å². The topological polar surface area (TPSA) is 98.3 Å². The lowest BCUT2D eigenvalue weighted by molar-refractivity contribution is -0.124. The molecule has 1 aliphatic carbocycles. The van der Waals surface area contributed by atoms with Crippen molar-refractivity contribution in [3.63, 3.8) is 0 Å². The molecule has 6 rings (SSSR count). The van der Waals surface area contributed by atoms with Crippen LogP contribution in [0.3, 0.4) is 0 Å². The standard InChI is InChI=1S/C25H34N8O/c1-24(2)16-32(11-10-29-24)18-6-7-20(26-14-18)30-23-27-13-17-12-19-22(34)28-15-25(8-4-3-5-9-25)33(19)21(17)31-23/h6-7,13-14,19,29H,3-5,8-12,15-16H2,1-2H3,(H,28,34)(H,26,27,30,31). The third-order valence-corrected chi connectivity index (χ3v) is 7.91. The number of nitrogens with zero attached hydrogens (tertiary/aromatic N) is 5. The highest BCUT2D eigenvalue weighted by Crippen LogP contribution is 2.44. The number of hydrogen-bond acceptors (Lipinski definition) is 8. The van der Waals surface area contributed by atoms with E-state index in [0.29, 0.717) is 18.9 Å². The van der Waals surface area contributed by atoms with Crippen LogP contribution in [-0.4, -0.2) is 64.2 Å². The SMILES string of the molecule is CC1(C)CN(c2ccc(Nc3ncc4c(n3)N3C(C4)C(=O)NCC34CCCCC4)nc2)CCN1. The Hall–Kier alpha value is -2.94. The van der Waals surface area contributed by atoms with Crippen molar-refractivity contribution in [1.82, 2.24) is 25.6 Å². The molecule has 0 bridgehead atoms. The summed E-state index contributed by atoms with van der Waals surface area (Å²) < 4.78 is 0. The summed E-state index contributed by atoms with van der Waals surface area (Å²) in [7, 11) is 0. The van der Waals surface area contributed by atoms with Crippen molar-refractivity contribution in [2.24, 2.45) is 0 Å². The Bertz CT molecular complexity index is 1080. The summed E-state index contributed by atoms with van der Waals surface area (Å²) in [5.41, 5.74) is 2.25. The zero-order chi connectivity index (χ0) is 23.3. The number of aromatic nitrogens is 3. The largest absolute Gasteiger partial charge is 0.367 e. The van der Waals surface area contributed by atoms with E-state index in [1.165, 1.54) is 19.3 Å². The molecule has 1 amide bonds. The van der Waals surface area contributed by atoms with Gasteiger partial charge in [-0.05, 0) is 38.8 Å². The van der Waals surface area contributed by atoms with Gasteiger partial charge in [0.15, 0.2) is 0 Å². The molecule has 2 saturated heterocycles. The number of anilines is 4. The van der Waals surface area contributed by atoms with Crippen LogP contribution in [0.15, 0.2) is 24.5 Å². The fourth-order valence-corrected chi connectivity index (χ4v) is 6.23. The van der Waals surface area contributed by atoms with E-state index < -0.39 is 0 Å². The Kier molecular flexibility index (Phi) is 5.13. The van der Waals surface area contributed by atoms with Gasteiger partial charge in [0.2, 0.25) is 11.9 Å². The summed E-state index contributed by atoms with van der Waals surface area (Å²) in [6.07, 6.45) is 10.3. The van der Waals surface area contributed by atoms with Gasteiger partial charge in [0, 0.05) is 49.9 Å². The van der Waals surface area contributed by atoms with E-state index >= 15 is 0 Å². The van der Waals surface area contributed by atoms with Crippen LogP contribution in [0.25, 0.3) is 0 Å². The third-order valence-electron chi connectivity index (χ3n) is 7.91. The fourth-order valence-electron chi connectivity index (χ4n) is 6.23. The molecule has 9 nitrogen and oxygen atoms in total. The highest BCUT2D eigenvalue weighted by Gasteiger charge is 2.51. The van der Waals surface area contributed by atoms with E-state index in [0.717, 1.165) is 55.4 Å². The van der Waals surface area contributed by atoms with Crippen LogP contribution >= 0.6 is 0 Å². The molecule has 1 atom stereocenters. The molecule has 9 heteroatoms. The van der Waals surface area contributed by atoms with Crippen molar-refractivity contribution < 1.29 is 4.79 Å². The molecule has 1 saturated carbocycles. The average molecular weight is 463 g/mol. The van der Waals surface area contributed by atoms with Gasteiger partial charge in [0.25, 0.3) is 0 Å². The normalized spacial score (nSPS) is 25.0. The summed E-state index contributed by atoms with van der Waals surface area (Å²) in [4.78, 5) is 31.5. The van der Waals surface area contributed by atoms with Crippen molar-refractivity contribution in [1.29, 1.82) is 0 Å². The number of amides is 1. The molecule has 3 N–H and O–H groups in total. The van der Waals surface area contributed by atoms with Crippen molar-refractivity contribution in [3.8, 4) is 0 Å². The zero-order valence-corrected chi connectivity index (χ0v) is 20.1. The first-order valence-electron chi connectivity index (χ1n) is 12.6. The monoisotopic (exact) mass is 462 g/mol. The Morgan fingerprint density at radius 1 is 1.12 bits per heavy atom. The van der Waals surface area contributed by atoms with Gasteiger partial charge in [0.1, 0.15) is 17.7 Å². The Balaban J connectivity index is 1.23. The van der Waals surface area contributed by atoms with Gasteiger partial charge >= 0.3 is 0 Å². The molecule has 5 heterocycles. The van der Waals surface area contributed by atoms with E-state index in [-0.39, 0.29) is 23.0 Å². The van der Waals surface area contributed by atoms with Crippen LogP contribution in [0.2, 0.25) is 0 Å². The number of carbonyl (C=O) groups is 1. The number of carbonyl (C=O) groups excluding carboxylic acids is 1. The van der Waals surface area contributed by atoms with E-state index in [2.05, 4.69) is 55.6 Å².